The zero-order valence-electron chi connectivity index (χ0n) is 10.5. The lowest BCUT2D eigenvalue weighted by molar-refractivity contribution is 0.104. The molecule has 0 atom stereocenters. The summed E-state index contributed by atoms with van der Waals surface area (Å²) in [5.41, 5.74) is 2.01. The van der Waals surface area contributed by atoms with Crippen LogP contribution >= 0.6 is 22.9 Å². The zero-order valence-corrected chi connectivity index (χ0v) is 12.1. The Morgan fingerprint density at radius 2 is 2.00 bits per heavy atom. The van der Waals surface area contributed by atoms with Crippen molar-refractivity contribution in [3.63, 3.8) is 0 Å². The highest BCUT2D eigenvalue weighted by atomic mass is 35.5. The van der Waals surface area contributed by atoms with E-state index in [0.29, 0.717) is 26.4 Å². The number of halogens is 1. The fraction of sp³-hybridized carbons (Fsp3) is 0.267. The lowest BCUT2D eigenvalue weighted by Gasteiger charge is -2.03. The standard InChI is InChI=1S/C15H13ClO2S/c1-18-12-8-13(16)19-15(12)14(17)11-6-4-10(5-7-11)9-2-3-9/h4-9H,2-3H2,1H3. The first-order valence-corrected chi connectivity index (χ1v) is 7.36. The van der Waals surface area contributed by atoms with Gasteiger partial charge in [-0.15, -0.1) is 11.3 Å². The summed E-state index contributed by atoms with van der Waals surface area (Å²) < 4.78 is 5.75. The normalized spacial score (nSPS) is 14.4. The van der Waals surface area contributed by atoms with E-state index < -0.39 is 0 Å². The minimum absolute atomic E-state index is 0.0314. The highest BCUT2D eigenvalue weighted by Gasteiger charge is 2.24. The van der Waals surface area contributed by atoms with Crippen LogP contribution in [0.3, 0.4) is 0 Å². The molecule has 1 fully saturated rings. The SMILES string of the molecule is COc1cc(Cl)sc1C(=O)c1ccc(C2CC2)cc1. The van der Waals surface area contributed by atoms with Gasteiger partial charge in [-0.3, -0.25) is 4.79 Å². The molecule has 0 N–H and O–H groups in total. The van der Waals surface area contributed by atoms with E-state index in [0.717, 1.165) is 0 Å². The Hall–Kier alpha value is -1.32. The van der Waals surface area contributed by atoms with Crippen molar-refractivity contribution >= 4 is 28.7 Å². The summed E-state index contributed by atoms with van der Waals surface area (Å²) in [6, 6.07) is 9.56. The second kappa shape index (κ2) is 4.99. The third kappa shape index (κ3) is 2.53. The number of ether oxygens (including phenoxy) is 1. The average molecular weight is 293 g/mol. The molecule has 1 heterocycles. The van der Waals surface area contributed by atoms with Crippen LogP contribution in [0.4, 0.5) is 0 Å². The van der Waals surface area contributed by atoms with E-state index in [4.69, 9.17) is 16.3 Å². The minimum atomic E-state index is -0.0314. The van der Waals surface area contributed by atoms with Crippen LogP contribution in [0.1, 0.15) is 39.6 Å². The molecule has 0 aliphatic heterocycles. The molecule has 98 valence electrons. The summed E-state index contributed by atoms with van der Waals surface area (Å²) in [7, 11) is 1.55. The van der Waals surface area contributed by atoms with Crippen LogP contribution in [-0.4, -0.2) is 12.9 Å². The number of thiophene rings is 1. The molecule has 19 heavy (non-hydrogen) atoms. The van der Waals surface area contributed by atoms with Gasteiger partial charge in [-0.1, -0.05) is 35.9 Å². The zero-order chi connectivity index (χ0) is 13.4. The van der Waals surface area contributed by atoms with Gasteiger partial charge in [0, 0.05) is 11.6 Å². The summed E-state index contributed by atoms with van der Waals surface area (Å²) >= 11 is 7.19. The maximum absolute atomic E-state index is 12.4. The maximum Gasteiger partial charge on any atom is 0.206 e. The molecule has 1 aromatic carbocycles. The number of rotatable bonds is 4. The van der Waals surface area contributed by atoms with E-state index in [2.05, 4.69) is 0 Å². The van der Waals surface area contributed by atoms with E-state index in [1.54, 1.807) is 13.2 Å². The van der Waals surface area contributed by atoms with Crippen molar-refractivity contribution in [1.29, 1.82) is 0 Å². The third-order valence-corrected chi connectivity index (χ3v) is 4.56. The van der Waals surface area contributed by atoms with E-state index in [1.165, 1.54) is 29.7 Å². The largest absolute Gasteiger partial charge is 0.495 e. The van der Waals surface area contributed by atoms with E-state index in [-0.39, 0.29) is 5.78 Å². The molecule has 0 amide bonds. The van der Waals surface area contributed by atoms with Crippen molar-refractivity contribution in [2.24, 2.45) is 0 Å². The van der Waals surface area contributed by atoms with Crippen LogP contribution in [0.5, 0.6) is 5.75 Å². The van der Waals surface area contributed by atoms with Crippen molar-refractivity contribution < 1.29 is 9.53 Å². The quantitative estimate of drug-likeness (QED) is 0.775. The van der Waals surface area contributed by atoms with Gasteiger partial charge in [0.25, 0.3) is 0 Å². The maximum atomic E-state index is 12.4. The molecule has 0 spiro atoms. The van der Waals surface area contributed by atoms with E-state index in [9.17, 15) is 4.79 Å². The monoisotopic (exact) mass is 292 g/mol. The molecule has 2 aromatic rings. The summed E-state index contributed by atoms with van der Waals surface area (Å²) in [6.45, 7) is 0. The summed E-state index contributed by atoms with van der Waals surface area (Å²) in [5, 5.41) is 0. The second-order valence-corrected chi connectivity index (χ2v) is 6.36. The summed E-state index contributed by atoms with van der Waals surface area (Å²) in [5.74, 6) is 1.22. The van der Waals surface area contributed by atoms with Crippen LogP contribution < -0.4 is 4.74 Å². The Bertz CT molecular complexity index is 612. The highest BCUT2D eigenvalue weighted by Crippen LogP contribution is 2.40. The van der Waals surface area contributed by atoms with Crippen LogP contribution in [0.15, 0.2) is 30.3 Å². The molecular formula is C15H13ClO2S. The molecule has 1 aliphatic rings. The first-order chi connectivity index (χ1) is 9.19. The van der Waals surface area contributed by atoms with Gasteiger partial charge in [-0.05, 0) is 24.3 Å². The number of ketones is 1. The van der Waals surface area contributed by atoms with Gasteiger partial charge in [-0.25, -0.2) is 0 Å². The summed E-state index contributed by atoms with van der Waals surface area (Å²) in [4.78, 5) is 13.0. The lowest BCUT2D eigenvalue weighted by Crippen LogP contribution is -2.00. The molecule has 0 saturated heterocycles. The van der Waals surface area contributed by atoms with Crippen molar-refractivity contribution in [3.8, 4) is 5.75 Å². The van der Waals surface area contributed by atoms with Gasteiger partial charge >= 0.3 is 0 Å². The highest BCUT2D eigenvalue weighted by molar-refractivity contribution is 7.18. The average Bonchev–Trinajstić information content (AvgIpc) is 3.21. The fourth-order valence-corrected chi connectivity index (χ4v) is 3.26. The number of hydrogen-bond acceptors (Lipinski definition) is 3. The Labute approximate surface area is 121 Å². The Kier molecular flexibility index (Phi) is 3.33. The molecule has 1 aliphatic carbocycles. The van der Waals surface area contributed by atoms with Gasteiger partial charge in [0.2, 0.25) is 5.78 Å². The predicted molar refractivity (Wildman–Crippen MR) is 77.7 cm³/mol. The molecule has 1 saturated carbocycles. The predicted octanol–water partition coefficient (Wildman–Crippen LogP) is 4.52. The Balaban J connectivity index is 1.89. The van der Waals surface area contributed by atoms with Gasteiger partial charge in [0.15, 0.2) is 0 Å². The first-order valence-electron chi connectivity index (χ1n) is 6.17. The molecular weight excluding hydrogens is 280 g/mol. The van der Waals surface area contributed by atoms with Gasteiger partial charge < -0.3 is 4.74 Å². The molecule has 4 heteroatoms. The summed E-state index contributed by atoms with van der Waals surface area (Å²) in [6.07, 6.45) is 2.53. The van der Waals surface area contributed by atoms with Crippen molar-refractivity contribution in [1.82, 2.24) is 0 Å². The number of hydrogen-bond donors (Lipinski definition) is 0. The van der Waals surface area contributed by atoms with E-state index >= 15 is 0 Å². The van der Waals surface area contributed by atoms with Crippen LogP contribution in [-0.2, 0) is 0 Å². The first kappa shape index (κ1) is 12.7. The van der Waals surface area contributed by atoms with Gasteiger partial charge in [0.05, 0.1) is 11.4 Å². The number of benzene rings is 1. The number of methoxy groups -OCH3 is 1. The lowest BCUT2D eigenvalue weighted by atomic mass is 10.0. The van der Waals surface area contributed by atoms with Gasteiger partial charge in [-0.2, -0.15) is 0 Å². The second-order valence-electron chi connectivity index (χ2n) is 4.67. The molecule has 0 radical (unpaired) electrons. The van der Waals surface area contributed by atoms with Crippen molar-refractivity contribution in [2.75, 3.05) is 7.11 Å². The van der Waals surface area contributed by atoms with E-state index in [1.807, 2.05) is 24.3 Å². The molecule has 3 rings (SSSR count). The number of carbonyl (C=O) groups excluding carboxylic acids is 1. The third-order valence-electron chi connectivity index (χ3n) is 3.32. The van der Waals surface area contributed by atoms with Gasteiger partial charge in [0.1, 0.15) is 10.6 Å². The van der Waals surface area contributed by atoms with Crippen LogP contribution in [0.2, 0.25) is 4.34 Å². The van der Waals surface area contributed by atoms with Crippen molar-refractivity contribution in [3.05, 3.63) is 50.7 Å². The minimum Gasteiger partial charge on any atom is -0.495 e. The topological polar surface area (TPSA) is 26.3 Å². The van der Waals surface area contributed by atoms with Crippen LogP contribution in [0, 0.1) is 0 Å². The molecule has 0 unspecified atom stereocenters. The number of carbonyl (C=O) groups is 1. The Morgan fingerprint density at radius 1 is 1.32 bits per heavy atom. The fourth-order valence-electron chi connectivity index (χ4n) is 2.11. The van der Waals surface area contributed by atoms with Crippen LogP contribution in [0.25, 0.3) is 0 Å². The Morgan fingerprint density at radius 3 is 2.58 bits per heavy atom. The molecule has 2 nitrogen and oxygen atoms in total. The smallest absolute Gasteiger partial charge is 0.206 e. The molecule has 0 bridgehead atoms. The molecule has 1 aromatic heterocycles. The van der Waals surface area contributed by atoms with Crippen molar-refractivity contribution in [2.45, 2.75) is 18.8 Å².